The van der Waals surface area contributed by atoms with Crippen molar-refractivity contribution in [3.05, 3.63) is 35.4 Å². The van der Waals surface area contributed by atoms with Crippen LogP contribution in [0.25, 0.3) is 0 Å². The highest BCUT2D eigenvalue weighted by atomic mass is 16.5. The Morgan fingerprint density at radius 3 is 2.63 bits per heavy atom. The lowest BCUT2D eigenvalue weighted by Crippen LogP contribution is -2.45. The van der Waals surface area contributed by atoms with Crippen LogP contribution >= 0.6 is 0 Å². The number of rotatable bonds is 9. The van der Waals surface area contributed by atoms with Crippen molar-refractivity contribution in [1.82, 2.24) is 15.5 Å². The Balaban J connectivity index is 1.41. The Morgan fingerprint density at radius 2 is 1.93 bits per heavy atom. The Bertz CT molecular complexity index is 654. The first-order valence-electron chi connectivity index (χ1n) is 11.2. The average Bonchev–Trinajstić information content (AvgIpc) is 3.24. The minimum atomic E-state index is 0.274. The van der Waals surface area contributed by atoms with Gasteiger partial charge in [-0.3, -0.25) is 9.89 Å². The van der Waals surface area contributed by atoms with E-state index < -0.39 is 0 Å². The number of morpholine rings is 1. The van der Waals surface area contributed by atoms with Gasteiger partial charge >= 0.3 is 0 Å². The van der Waals surface area contributed by atoms with Crippen LogP contribution in [0.4, 0.5) is 0 Å². The molecule has 3 atom stereocenters. The number of nitrogens with zero attached hydrogens (tertiary/aromatic N) is 2. The third kappa shape index (κ3) is 7.54. The molecule has 168 valence electrons. The minimum absolute atomic E-state index is 0.274. The van der Waals surface area contributed by atoms with Crippen LogP contribution in [0, 0.1) is 0 Å². The molecule has 0 saturated carbocycles. The summed E-state index contributed by atoms with van der Waals surface area (Å²) in [4.78, 5) is 6.84. The van der Waals surface area contributed by atoms with Crippen molar-refractivity contribution in [2.24, 2.45) is 4.99 Å². The highest BCUT2D eigenvalue weighted by Crippen LogP contribution is 2.17. The summed E-state index contributed by atoms with van der Waals surface area (Å²) in [6.45, 7) is 11.1. The number of hydrogen-bond donors (Lipinski definition) is 2. The van der Waals surface area contributed by atoms with Crippen LogP contribution in [0.3, 0.4) is 0 Å². The molecule has 0 spiro atoms. The van der Waals surface area contributed by atoms with Crippen LogP contribution in [0.2, 0.25) is 0 Å². The third-order valence-corrected chi connectivity index (χ3v) is 5.53. The van der Waals surface area contributed by atoms with Gasteiger partial charge in [0, 0.05) is 53.0 Å². The molecule has 2 heterocycles. The molecule has 7 heteroatoms. The van der Waals surface area contributed by atoms with Crippen LogP contribution < -0.4 is 10.6 Å². The fourth-order valence-electron chi connectivity index (χ4n) is 4.11. The molecule has 1 aromatic carbocycles. The van der Waals surface area contributed by atoms with E-state index in [1.165, 1.54) is 11.1 Å². The van der Waals surface area contributed by atoms with Gasteiger partial charge < -0.3 is 24.8 Å². The predicted octanol–water partition coefficient (Wildman–Crippen LogP) is 2.16. The summed E-state index contributed by atoms with van der Waals surface area (Å²) in [6, 6.07) is 8.64. The van der Waals surface area contributed by atoms with Crippen LogP contribution in [-0.4, -0.2) is 75.7 Å². The van der Waals surface area contributed by atoms with Crippen molar-refractivity contribution >= 4 is 5.96 Å². The van der Waals surface area contributed by atoms with Crippen LogP contribution in [0.5, 0.6) is 0 Å². The molecular formula is C23H38N4O3. The maximum atomic E-state index is 5.87. The monoisotopic (exact) mass is 418 g/mol. The van der Waals surface area contributed by atoms with E-state index >= 15 is 0 Å². The first kappa shape index (κ1) is 23.0. The first-order valence-corrected chi connectivity index (χ1v) is 11.2. The van der Waals surface area contributed by atoms with Gasteiger partial charge in [0.05, 0.1) is 24.9 Å². The van der Waals surface area contributed by atoms with E-state index in [4.69, 9.17) is 14.2 Å². The fourth-order valence-corrected chi connectivity index (χ4v) is 4.11. The molecule has 1 aromatic rings. The quantitative estimate of drug-likeness (QED) is 0.364. The van der Waals surface area contributed by atoms with Crippen molar-refractivity contribution in [2.75, 3.05) is 46.5 Å². The molecule has 0 aromatic heterocycles. The maximum Gasteiger partial charge on any atom is 0.191 e. The van der Waals surface area contributed by atoms with Gasteiger partial charge in [0.1, 0.15) is 0 Å². The van der Waals surface area contributed by atoms with Crippen LogP contribution in [0.1, 0.15) is 37.8 Å². The van der Waals surface area contributed by atoms with Crippen molar-refractivity contribution in [1.29, 1.82) is 0 Å². The summed E-state index contributed by atoms with van der Waals surface area (Å²) >= 11 is 0. The molecular weight excluding hydrogens is 380 g/mol. The molecule has 0 bridgehead atoms. The molecule has 2 N–H and O–H groups in total. The van der Waals surface area contributed by atoms with E-state index in [2.05, 4.69) is 58.6 Å². The normalized spacial score (nSPS) is 25.4. The number of ether oxygens (including phenoxy) is 3. The largest absolute Gasteiger partial charge is 0.379 e. The standard InChI is InChI=1S/C23H38N4O3/c1-18-14-27(15-19(2)30-18)16-21-8-5-4-7-20(21)13-26-23(24-3)25-10-6-11-29-22-9-12-28-17-22/h4-5,7-8,18-19,22H,6,9-17H2,1-3H3,(H2,24,25,26). The van der Waals surface area contributed by atoms with E-state index in [9.17, 15) is 0 Å². The van der Waals surface area contributed by atoms with Gasteiger partial charge in [0.25, 0.3) is 0 Å². The van der Waals surface area contributed by atoms with Gasteiger partial charge in [0.2, 0.25) is 0 Å². The first-order chi connectivity index (χ1) is 14.6. The second-order valence-electron chi connectivity index (χ2n) is 8.28. The predicted molar refractivity (Wildman–Crippen MR) is 120 cm³/mol. The van der Waals surface area contributed by atoms with Crippen molar-refractivity contribution in [3.63, 3.8) is 0 Å². The number of guanidine groups is 1. The van der Waals surface area contributed by atoms with Crippen molar-refractivity contribution < 1.29 is 14.2 Å². The zero-order valence-corrected chi connectivity index (χ0v) is 18.7. The van der Waals surface area contributed by atoms with Crippen LogP contribution in [-0.2, 0) is 27.3 Å². The van der Waals surface area contributed by atoms with Gasteiger partial charge in [0.15, 0.2) is 5.96 Å². The van der Waals surface area contributed by atoms with Gasteiger partial charge in [-0.2, -0.15) is 0 Å². The summed E-state index contributed by atoms with van der Waals surface area (Å²) in [7, 11) is 1.81. The van der Waals surface area contributed by atoms with E-state index in [1.54, 1.807) is 0 Å². The SMILES string of the molecule is CN=C(NCCCOC1CCOC1)NCc1ccccc1CN1CC(C)OC(C)C1. The van der Waals surface area contributed by atoms with E-state index in [0.717, 1.165) is 71.3 Å². The molecule has 0 radical (unpaired) electrons. The minimum Gasteiger partial charge on any atom is -0.379 e. The Kier molecular flexibility index (Phi) is 9.39. The summed E-state index contributed by atoms with van der Waals surface area (Å²) in [6.07, 6.45) is 2.80. The van der Waals surface area contributed by atoms with Gasteiger partial charge in [-0.05, 0) is 37.8 Å². The average molecular weight is 419 g/mol. The zero-order chi connectivity index (χ0) is 21.2. The smallest absolute Gasteiger partial charge is 0.191 e. The van der Waals surface area contributed by atoms with E-state index in [0.29, 0.717) is 0 Å². The molecule has 3 rings (SSSR count). The second-order valence-corrected chi connectivity index (χ2v) is 8.28. The summed E-state index contributed by atoms with van der Waals surface area (Å²) in [5.41, 5.74) is 2.66. The van der Waals surface area contributed by atoms with Crippen LogP contribution in [0.15, 0.2) is 29.3 Å². The van der Waals surface area contributed by atoms with Gasteiger partial charge in [-0.15, -0.1) is 0 Å². The molecule has 0 aliphatic carbocycles. The Labute approximate surface area is 181 Å². The molecule has 2 aliphatic rings. The van der Waals surface area contributed by atoms with Gasteiger partial charge in [-0.25, -0.2) is 0 Å². The summed E-state index contributed by atoms with van der Waals surface area (Å²) in [5.74, 6) is 0.822. The van der Waals surface area contributed by atoms with Crippen molar-refractivity contribution in [3.8, 4) is 0 Å². The highest BCUT2D eigenvalue weighted by Gasteiger charge is 2.22. The summed E-state index contributed by atoms with van der Waals surface area (Å²) < 4.78 is 17.0. The molecule has 2 saturated heterocycles. The van der Waals surface area contributed by atoms with E-state index in [-0.39, 0.29) is 18.3 Å². The summed E-state index contributed by atoms with van der Waals surface area (Å²) in [5, 5.41) is 6.83. The maximum absolute atomic E-state index is 5.87. The van der Waals surface area contributed by atoms with Crippen molar-refractivity contribution in [2.45, 2.75) is 58.1 Å². The third-order valence-electron chi connectivity index (χ3n) is 5.53. The zero-order valence-electron chi connectivity index (χ0n) is 18.7. The number of aliphatic imine (C=N–C) groups is 1. The molecule has 0 amide bonds. The molecule has 2 aliphatic heterocycles. The number of benzene rings is 1. The molecule has 7 nitrogen and oxygen atoms in total. The van der Waals surface area contributed by atoms with E-state index in [1.807, 2.05) is 7.05 Å². The van der Waals surface area contributed by atoms with Gasteiger partial charge in [-0.1, -0.05) is 24.3 Å². The topological polar surface area (TPSA) is 67.4 Å². The highest BCUT2D eigenvalue weighted by molar-refractivity contribution is 5.79. The molecule has 3 unspecified atom stereocenters. The lowest BCUT2D eigenvalue weighted by Gasteiger charge is -2.35. The Hall–Kier alpha value is -1.67. The number of hydrogen-bond acceptors (Lipinski definition) is 5. The lowest BCUT2D eigenvalue weighted by atomic mass is 10.1. The number of nitrogens with one attached hydrogen (secondary N) is 2. The second kappa shape index (κ2) is 12.2. The fraction of sp³-hybridized carbons (Fsp3) is 0.696. The lowest BCUT2D eigenvalue weighted by molar-refractivity contribution is -0.0705. The molecule has 2 fully saturated rings. The molecule has 30 heavy (non-hydrogen) atoms. The Morgan fingerprint density at radius 1 is 1.17 bits per heavy atom.